The zero-order valence-electron chi connectivity index (χ0n) is 24.0. The van der Waals surface area contributed by atoms with Crippen LogP contribution in [0.1, 0.15) is 23.8 Å². The van der Waals surface area contributed by atoms with Gasteiger partial charge in [-0.3, -0.25) is 30.1 Å². The van der Waals surface area contributed by atoms with Crippen LogP contribution in [0, 0.1) is 20.2 Å². The molecule has 5 rings (SSSR count). The molecule has 1 aliphatic rings. The van der Waals surface area contributed by atoms with Gasteiger partial charge in [0, 0.05) is 43.5 Å². The highest BCUT2D eigenvalue weighted by atomic mass is 16.7. The zero-order valence-corrected chi connectivity index (χ0v) is 24.0. The third-order valence-corrected chi connectivity index (χ3v) is 6.98. The third-order valence-electron chi connectivity index (χ3n) is 6.98. The van der Waals surface area contributed by atoms with E-state index in [4.69, 9.17) is 18.9 Å². The number of ether oxygens (including phenoxy) is 4. The summed E-state index contributed by atoms with van der Waals surface area (Å²) in [6.45, 7) is -0.391. The van der Waals surface area contributed by atoms with Crippen LogP contribution in [0.2, 0.25) is 0 Å². The summed E-state index contributed by atoms with van der Waals surface area (Å²) in [5.41, 5.74) is 1.80. The highest BCUT2D eigenvalue weighted by molar-refractivity contribution is 5.93. The van der Waals surface area contributed by atoms with Gasteiger partial charge >= 0.3 is 12.2 Å². The number of imidazole rings is 1. The van der Waals surface area contributed by atoms with Crippen LogP contribution >= 0.6 is 0 Å². The average Bonchev–Trinajstić information content (AvgIpc) is 3.66. The van der Waals surface area contributed by atoms with E-state index in [9.17, 15) is 34.9 Å². The maximum Gasteiger partial charge on any atom is 0.508 e. The van der Waals surface area contributed by atoms with E-state index >= 15 is 0 Å². The van der Waals surface area contributed by atoms with E-state index in [1.54, 1.807) is 24.3 Å². The van der Waals surface area contributed by atoms with Gasteiger partial charge in [-0.1, -0.05) is 24.3 Å². The van der Waals surface area contributed by atoms with E-state index in [0.29, 0.717) is 12.8 Å². The summed E-state index contributed by atoms with van der Waals surface area (Å²) in [5.74, 6) is 0.0453. The number of non-ortho nitro benzene ring substituents is 2. The molecule has 18 heteroatoms. The van der Waals surface area contributed by atoms with E-state index in [-0.39, 0.29) is 54.6 Å². The van der Waals surface area contributed by atoms with Crippen molar-refractivity contribution >= 4 is 40.6 Å². The Morgan fingerprint density at radius 2 is 1.54 bits per heavy atom. The quantitative estimate of drug-likeness (QED) is 0.129. The van der Waals surface area contributed by atoms with Crippen LogP contribution in [-0.4, -0.2) is 78.7 Å². The van der Waals surface area contributed by atoms with Crippen LogP contribution in [0.15, 0.2) is 61.2 Å². The van der Waals surface area contributed by atoms with E-state index in [2.05, 4.69) is 20.3 Å². The predicted molar refractivity (Wildman–Crippen MR) is 156 cm³/mol. The lowest BCUT2D eigenvalue weighted by molar-refractivity contribution is -0.385. The Labute approximate surface area is 259 Å². The van der Waals surface area contributed by atoms with Gasteiger partial charge in [0.2, 0.25) is 0 Å². The van der Waals surface area contributed by atoms with E-state index < -0.39 is 40.5 Å². The molecule has 240 valence electrons. The van der Waals surface area contributed by atoms with E-state index in [0.717, 1.165) is 11.1 Å². The molecule has 0 saturated carbocycles. The number of aliphatic hydroxyl groups excluding tert-OH is 1. The molecule has 3 heterocycles. The van der Waals surface area contributed by atoms with Crippen LogP contribution < -0.4 is 5.32 Å². The van der Waals surface area contributed by atoms with Gasteiger partial charge in [-0.05, 0) is 11.1 Å². The molecule has 0 unspecified atom stereocenters. The minimum Gasteiger partial charge on any atom is -0.449 e. The first-order valence-corrected chi connectivity index (χ1v) is 13.9. The number of amides is 1. The number of nitrogens with one attached hydrogen (secondary N) is 1. The number of benzene rings is 2. The molecule has 1 amide bonds. The second kappa shape index (κ2) is 14.4. The van der Waals surface area contributed by atoms with Crippen molar-refractivity contribution in [1.29, 1.82) is 0 Å². The summed E-state index contributed by atoms with van der Waals surface area (Å²) < 4.78 is 23.3. The molecule has 0 aliphatic carbocycles. The summed E-state index contributed by atoms with van der Waals surface area (Å²) >= 11 is 0. The molecule has 3 atom stereocenters. The van der Waals surface area contributed by atoms with Gasteiger partial charge in [-0.15, -0.1) is 0 Å². The van der Waals surface area contributed by atoms with Crippen molar-refractivity contribution in [3.63, 3.8) is 0 Å². The number of nitro groups is 2. The van der Waals surface area contributed by atoms with Crippen molar-refractivity contribution in [3.05, 3.63) is 92.5 Å². The number of rotatable bonds is 12. The van der Waals surface area contributed by atoms with E-state index in [1.165, 1.54) is 41.5 Å². The first kappa shape index (κ1) is 31.7. The summed E-state index contributed by atoms with van der Waals surface area (Å²) in [6, 6.07) is 11.7. The summed E-state index contributed by atoms with van der Waals surface area (Å²) in [5, 5.41) is 33.8. The average molecular weight is 638 g/mol. The molecule has 1 saturated heterocycles. The maximum absolute atomic E-state index is 12.5. The van der Waals surface area contributed by atoms with Crippen molar-refractivity contribution in [2.24, 2.45) is 0 Å². The Hall–Kier alpha value is -5.75. The number of nitrogens with zero attached hydrogens (tertiary/aromatic N) is 6. The van der Waals surface area contributed by atoms with Crippen molar-refractivity contribution < 1.29 is 43.5 Å². The third kappa shape index (κ3) is 7.66. The number of aliphatic hydroxyl groups is 1. The van der Waals surface area contributed by atoms with Crippen LogP contribution in [0.3, 0.4) is 0 Å². The van der Waals surface area contributed by atoms with Crippen molar-refractivity contribution in [2.75, 3.05) is 25.1 Å². The Morgan fingerprint density at radius 1 is 0.935 bits per heavy atom. The molecule has 46 heavy (non-hydrogen) atoms. The molecule has 2 aromatic carbocycles. The highest BCUT2D eigenvalue weighted by Crippen LogP contribution is 2.34. The number of anilines is 1. The van der Waals surface area contributed by atoms with Crippen LogP contribution in [0.25, 0.3) is 11.2 Å². The molecule has 1 aliphatic heterocycles. The monoisotopic (exact) mass is 637 g/mol. The SMILES string of the molecule is O=C(Nc1ncnc2c1ncn2[C@@H]1O[C@H](CO)C[C@H]1OC(=O)OCCc1ccc([N+](=O)[O-])cc1)OCCc1ccc([N+](=O)[O-])cc1. The lowest BCUT2D eigenvalue weighted by Crippen LogP contribution is -2.26. The molecule has 0 bridgehead atoms. The number of carbonyl (C=O) groups is 2. The summed E-state index contributed by atoms with van der Waals surface area (Å²) in [4.78, 5) is 58.2. The summed E-state index contributed by atoms with van der Waals surface area (Å²) in [7, 11) is 0. The second-order valence-electron chi connectivity index (χ2n) is 9.98. The normalized spacial score (nSPS) is 17.4. The van der Waals surface area contributed by atoms with Gasteiger partial charge in [0.05, 0.1) is 42.1 Å². The molecule has 4 aromatic rings. The highest BCUT2D eigenvalue weighted by Gasteiger charge is 2.40. The number of aromatic nitrogens is 4. The molecule has 0 radical (unpaired) electrons. The van der Waals surface area contributed by atoms with Crippen LogP contribution in [0.4, 0.5) is 26.8 Å². The second-order valence-corrected chi connectivity index (χ2v) is 9.98. The molecular weight excluding hydrogens is 610 g/mol. The minimum absolute atomic E-state index is 0.00618. The minimum atomic E-state index is -0.975. The molecule has 2 N–H and O–H groups in total. The fourth-order valence-corrected chi connectivity index (χ4v) is 4.69. The van der Waals surface area contributed by atoms with Gasteiger partial charge < -0.3 is 24.1 Å². The van der Waals surface area contributed by atoms with Crippen LogP contribution in [-0.2, 0) is 31.8 Å². The van der Waals surface area contributed by atoms with E-state index in [1.807, 2.05) is 0 Å². The lowest BCUT2D eigenvalue weighted by atomic mass is 10.1. The van der Waals surface area contributed by atoms with Crippen molar-refractivity contribution in [1.82, 2.24) is 19.5 Å². The van der Waals surface area contributed by atoms with Gasteiger partial charge in [-0.2, -0.15) is 0 Å². The number of hydrogen-bond acceptors (Lipinski definition) is 14. The Kier molecular flexibility index (Phi) is 9.88. The Morgan fingerprint density at radius 3 is 2.13 bits per heavy atom. The fourth-order valence-electron chi connectivity index (χ4n) is 4.69. The maximum atomic E-state index is 12.5. The topological polar surface area (TPSA) is 233 Å². The zero-order chi connectivity index (χ0) is 32.6. The van der Waals surface area contributed by atoms with Gasteiger partial charge in [0.1, 0.15) is 6.33 Å². The molecule has 18 nitrogen and oxygen atoms in total. The number of fused-ring (bicyclic) bond motifs is 1. The molecular formula is C28H27N7O11. The number of nitro benzene ring substituents is 2. The largest absolute Gasteiger partial charge is 0.508 e. The van der Waals surface area contributed by atoms with Crippen molar-refractivity contribution in [2.45, 2.75) is 37.7 Å². The fraction of sp³-hybridized carbons (Fsp3) is 0.321. The standard InChI is InChI=1S/C28H27N7O11/c36-14-21-13-22(46-28(38)44-12-10-18-3-7-20(8-4-18)35(41)42)26(45-21)33-16-31-23-24(29-15-30-25(23)33)32-27(37)43-11-9-17-1-5-19(6-2-17)34(39)40/h1-8,15-16,21-22,26,36H,9-14H2,(H,29,30,32,37)/t21-,22+,26+/m0/s1. The first-order chi connectivity index (χ1) is 22.2. The lowest BCUT2D eigenvalue weighted by Gasteiger charge is -2.20. The Bertz CT molecular complexity index is 1710. The molecule has 0 spiro atoms. The van der Waals surface area contributed by atoms with Crippen LogP contribution in [0.5, 0.6) is 0 Å². The Balaban J connectivity index is 1.18. The smallest absolute Gasteiger partial charge is 0.449 e. The predicted octanol–water partition coefficient (Wildman–Crippen LogP) is 3.48. The number of hydrogen-bond donors (Lipinski definition) is 2. The first-order valence-electron chi connectivity index (χ1n) is 13.9. The molecule has 1 fully saturated rings. The van der Waals surface area contributed by atoms with Gasteiger partial charge in [0.15, 0.2) is 29.3 Å². The molecule has 2 aromatic heterocycles. The van der Waals surface area contributed by atoms with Gasteiger partial charge in [-0.25, -0.2) is 24.5 Å². The van der Waals surface area contributed by atoms with Crippen molar-refractivity contribution in [3.8, 4) is 0 Å². The number of carbonyl (C=O) groups excluding carboxylic acids is 2. The van der Waals surface area contributed by atoms with Gasteiger partial charge in [0.25, 0.3) is 11.4 Å². The summed E-state index contributed by atoms with van der Waals surface area (Å²) in [6.07, 6.45) is -0.957.